The van der Waals surface area contributed by atoms with E-state index in [4.69, 9.17) is 0 Å². The molecule has 0 unspecified atom stereocenters. The summed E-state index contributed by atoms with van der Waals surface area (Å²) in [6.07, 6.45) is 0. The lowest BCUT2D eigenvalue weighted by Crippen LogP contribution is -2.41. The molecule has 7 heteroatoms. The topological polar surface area (TPSA) is 61.8 Å². The summed E-state index contributed by atoms with van der Waals surface area (Å²) >= 11 is 0. The van der Waals surface area contributed by atoms with Crippen LogP contribution < -0.4 is 0 Å². The highest BCUT2D eigenvalue weighted by molar-refractivity contribution is 6.37. The molecule has 74 valence electrons. The van der Waals surface area contributed by atoms with Crippen LogP contribution in [0.2, 0.25) is 0 Å². The second-order valence-electron chi connectivity index (χ2n) is 2.63. The van der Waals surface area contributed by atoms with Gasteiger partial charge in [-0.15, -0.1) is 0 Å². The van der Waals surface area contributed by atoms with E-state index in [1.807, 2.05) is 0 Å². The van der Waals surface area contributed by atoms with Gasteiger partial charge < -0.3 is 14.0 Å². The van der Waals surface area contributed by atoms with E-state index in [1.165, 1.54) is 13.8 Å². The fourth-order valence-corrected chi connectivity index (χ4v) is 0.597. The molecule has 0 heterocycles. The first-order valence-electron chi connectivity index (χ1n) is 3.43. The van der Waals surface area contributed by atoms with Crippen molar-refractivity contribution >= 4 is 19.8 Å². The van der Waals surface area contributed by atoms with Crippen molar-refractivity contribution in [1.82, 2.24) is 0 Å². The smallest absolute Gasteiger partial charge is 0.484 e. The maximum Gasteiger partial charge on any atom is 0.757 e. The molecule has 0 N–H and O–H groups in total. The van der Waals surface area contributed by atoms with Gasteiger partial charge in [0, 0.05) is 0 Å². The van der Waals surface area contributed by atoms with Gasteiger partial charge in [0.1, 0.15) is 5.60 Å². The van der Waals surface area contributed by atoms with E-state index in [0.29, 0.717) is 0 Å². The van der Waals surface area contributed by atoms with E-state index in [0.717, 1.165) is 7.11 Å². The van der Waals surface area contributed by atoms with Crippen LogP contribution in [0.1, 0.15) is 13.8 Å². The van der Waals surface area contributed by atoms with Gasteiger partial charge in [0.15, 0.2) is 0 Å². The Morgan fingerprint density at radius 3 is 2.46 bits per heavy atom. The van der Waals surface area contributed by atoms with Crippen LogP contribution in [-0.2, 0) is 23.6 Å². The van der Waals surface area contributed by atoms with Crippen LogP contribution in [0.15, 0.2) is 0 Å². The van der Waals surface area contributed by atoms with E-state index < -0.39 is 19.0 Å². The molecule has 13 heavy (non-hydrogen) atoms. The van der Waals surface area contributed by atoms with Crippen LogP contribution >= 0.6 is 0 Å². The second-order valence-corrected chi connectivity index (χ2v) is 2.63. The van der Waals surface area contributed by atoms with Crippen LogP contribution in [0.5, 0.6) is 0 Å². The molecule has 0 aromatic rings. The molecule has 0 aliphatic heterocycles. The summed E-state index contributed by atoms with van der Waals surface area (Å²) in [5.41, 5.74) is -1.49. The summed E-state index contributed by atoms with van der Waals surface area (Å²) in [6, 6.07) is 0. The normalized spacial score (nSPS) is 10.5. The third-order valence-corrected chi connectivity index (χ3v) is 1.23. The summed E-state index contributed by atoms with van der Waals surface area (Å²) in [7, 11) is -1.13. The highest BCUT2D eigenvalue weighted by Gasteiger charge is 2.37. The minimum atomic E-state index is -2.27. The molecular weight excluding hydrogens is 182 g/mol. The number of rotatable bonds is 5. The van der Waals surface area contributed by atoms with Gasteiger partial charge in [-0.1, -0.05) is 0 Å². The molecule has 0 aromatic heterocycles. The Kier molecular flexibility index (Phi) is 4.40. The number of hydrogen-bond donors (Lipinski definition) is 0. The predicted octanol–water partition coefficient (Wildman–Crippen LogP) is 0.0820. The van der Waals surface area contributed by atoms with Crippen molar-refractivity contribution < 1.29 is 28.0 Å². The number of hydrogen-bond acceptors (Lipinski definition) is 5. The predicted molar refractivity (Wildman–Crippen MR) is 41.2 cm³/mol. The van der Waals surface area contributed by atoms with Crippen molar-refractivity contribution in [3.8, 4) is 0 Å². The SMILES string of the molecule is COC(=O)C(C)(C)OB(F)OC=O. The van der Waals surface area contributed by atoms with Crippen LogP contribution in [-0.4, -0.2) is 32.5 Å². The van der Waals surface area contributed by atoms with E-state index in [9.17, 15) is 13.9 Å². The molecule has 0 saturated carbocycles. The molecule has 0 aliphatic rings. The van der Waals surface area contributed by atoms with Gasteiger partial charge in [-0.05, 0) is 13.8 Å². The third-order valence-electron chi connectivity index (χ3n) is 1.23. The third kappa shape index (κ3) is 3.89. The molecule has 0 rings (SSSR count). The molecule has 0 spiro atoms. The highest BCUT2D eigenvalue weighted by atomic mass is 19.1. The average Bonchev–Trinajstić information content (AvgIpc) is 2.02. The summed E-state index contributed by atoms with van der Waals surface area (Å²) < 4.78 is 25.1. The molecule has 0 amide bonds. The molecule has 5 nitrogen and oxygen atoms in total. The quantitative estimate of drug-likeness (QED) is 0.350. The Morgan fingerprint density at radius 1 is 1.54 bits per heavy atom. The Balaban J connectivity index is 4.15. The molecular formula is C6H10BFO5. The minimum absolute atomic E-state index is 0.113. The maximum absolute atomic E-state index is 12.5. The van der Waals surface area contributed by atoms with E-state index in [-0.39, 0.29) is 6.47 Å². The molecule has 0 aromatic carbocycles. The summed E-state index contributed by atoms with van der Waals surface area (Å²) in [6.45, 7) is 2.47. The van der Waals surface area contributed by atoms with Crippen molar-refractivity contribution in [3.05, 3.63) is 0 Å². The molecule has 0 fully saturated rings. The lowest BCUT2D eigenvalue weighted by molar-refractivity contribution is -0.158. The van der Waals surface area contributed by atoms with Crippen LogP contribution in [0.25, 0.3) is 0 Å². The van der Waals surface area contributed by atoms with Crippen molar-refractivity contribution in [3.63, 3.8) is 0 Å². The second kappa shape index (κ2) is 4.81. The number of methoxy groups -OCH3 is 1. The number of halogens is 1. The summed E-state index contributed by atoms with van der Waals surface area (Å²) in [5, 5.41) is 0. The summed E-state index contributed by atoms with van der Waals surface area (Å²) in [4.78, 5) is 20.6. The fraction of sp³-hybridized carbons (Fsp3) is 0.667. The molecule has 0 radical (unpaired) electrons. The van der Waals surface area contributed by atoms with Gasteiger partial charge in [-0.25, -0.2) is 9.11 Å². The van der Waals surface area contributed by atoms with Gasteiger partial charge in [0.2, 0.25) is 0 Å². The number of esters is 1. The van der Waals surface area contributed by atoms with E-state index in [2.05, 4.69) is 14.0 Å². The number of carbonyl (C=O) groups excluding carboxylic acids is 2. The number of ether oxygens (including phenoxy) is 1. The zero-order chi connectivity index (χ0) is 10.5. The Hall–Kier alpha value is -1.11. The monoisotopic (exact) mass is 192 g/mol. The number of carbonyl (C=O) groups is 2. The van der Waals surface area contributed by atoms with E-state index >= 15 is 0 Å². The van der Waals surface area contributed by atoms with Gasteiger partial charge in [-0.2, -0.15) is 0 Å². The van der Waals surface area contributed by atoms with Crippen LogP contribution in [0, 0.1) is 0 Å². The largest absolute Gasteiger partial charge is 0.757 e. The molecule has 0 bridgehead atoms. The average molecular weight is 192 g/mol. The first-order valence-corrected chi connectivity index (χ1v) is 3.43. The van der Waals surface area contributed by atoms with Crippen LogP contribution in [0.3, 0.4) is 0 Å². The van der Waals surface area contributed by atoms with Gasteiger partial charge in [0.25, 0.3) is 6.47 Å². The fourth-order valence-electron chi connectivity index (χ4n) is 0.597. The van der Waals surface area contributed by atoms with E-state index in [1.54, 1.807) is 0 Å². The lowest BCUT2D eigenvalue weighted by atomic mass is 10.1. The molecule has 0 saturated heterocycles. The van der Waals surface area contributed by atoms with Gasteiger partial charge in [-0.3, -0.25) is 4.79 Å². The zero-order valence-corrected chi connectivity index (χ0v) is 7.57. The minimum Gasteiger partial charge on any atom is -0.484 e. The Bertz CT molecular complexity index is 195. The van der Waals surface area contributed by atoms with Gasteiger partial charge in [0.05, 0.1) is 7.11 Å². The Labute approximate surface area is 75.3 Å². The first kappa shape index (κ1) is 11.9. The maximum atomic E-state index is 12.5. The van der Waals surface area contributed by atoms with Crippen molar-refractivity contribution in [2.24, 2.45) is 0 Å². The van der Waals surface area contributed by atoms with Crippen molar-refractivity contribution in [2.75, 3.05) is 7.11 Å². The standard InChI is InChI=1S/C6H10BFO5/c1-6(2,5(10)11-3)13-7(8)12-4-9/h4H,1-3H3. The van der Waals surface area contributed by atoms with Crippen molar-refractivity contribution in [2.45, 2.75) is 19.4 Å². The first-order chi connectivity index (χ1) is 5.94. The van der Waals surface area contributed by atoms with Crippen molar-refractivity contribution in [1.29, 1.82) is 0 Å². The lowest BCUT2D eigenvalue weighted by Gasteiger charge is -2.21. The molecule has 0 atom stereocenters. The van der Waals surface area contributed by atoms with Gasteiger partial charge >= 0.3 is 13.4 Å². The highest BCUT2D eigenvalue weighted by Crippen LogP contribution is 2.13. The summed E-state index contributed by atoms with van der Waals surface area (Å²) in [5.74, 6) is -0.760. The van der Waals surface area contributed by atoms with Crippen LogP contribution in [0.4, 0.5) is 4.32 Å². The molecule has 0 aliphatic carbocycles. The Morgan fingerprint density at radius 2 is 2.08 bits per heavy atom. The zero-order valence-electron chi connectivity index (χ0n) is 7.57.